The van der Waals surface area contributed by atoms with Crippen LogP contribution in [0.2, 0.25) is 0 Å². The third-order valence-corrected chi connectivity index (χ3v) is 4.64. The molecule has 0 aromatic heterocycles. The first-order chi connectivity index (χ1) is 9.58. The first kappa shape index (κ1) is 17.9. The van der Waals surface area contributed by atoms with Crippen LogP contribution in [-0.4, -0.2) is 30.1 Å². The first-order valence-corrected chi connectivity index (χ1v) is 7.59. The van der Waals surface area contributed by atoms with Crippen molar-refractivity contribution in [3.05, 3.63) is 54.1 Å². The van der Waals surface area contributed by atoms with Crippen LogP contribution in [0.3, 0.4) is 0 Å². The van der Waals surface area contributed by atoms with Crippen molar-refractivity contribution >= 4 is 11.8 Å². The van der Waals surface area contributed by atoms with Gasteiger partial charge in [0, 0.05) is 10.9 Å². The monoisotopic (exact) mass is 322 g/mol. The second kappa shape index (κ2) is 8.32. The molecule has 0 bridgehead atoms. The number of aromatic hydroxyl groups is 1. The highest BCUT2D eigenvalue weighted by molar-refractivity contribution is 7.99. The van der Waals surface area contributed by atoms with Gasteiger partial charge in [0.1, 0.15) is 5.75 Å². The molecule has 0 aliphatic heterocycles. The molecule has 0 heterocycles. The topological polar surface area (TPSA) is 23.5 Å². The summed E-state index contributed by atoms with van der Waals surface area (Å²) < 4.78 is 0. The number of phenols is 1. The molecule has 0 radical (unpaired) electrons. The van der Waals surface area contributed by atoms with Gasteiger partial charge in [-0.05, 0) is 51.2 Å². The molecule has 2 nitrogen and oxygen atoms in total. The van der Waals surface area contributed by atoms with E-state index < -0.39 is 0 Å². The maximum absolute atomic E-state index is 9.90. The predicted molar refractivity (Wildman–Crippen MR) is 85.5 cm³/mol. The quantitative estimate of drug-likeness (QED) is 0.890. The summed E-state index contributed by atoms with van der Waals surface area (Å²) in [5.41, 5.74) is 1.32. The highest BCUT2D eigenvalue weighted by Crippen LogP contribution is 2.36. The summed E-state index contributed by atoms with van der Waals surface area (Å²) in [4.78, 5) is 4.33. The van der Waals surface area contributed by atoms with Gasteiger partial charge in [-0.3, -0.25) is 0 Å². The minimum atomic E-state index is 0. The summed E-state index contributed by atoms with van der Waals surface area (Å²) in [5.74, 6) is 0.341. The minimum absolute atomic E-state index is 0. The van der Waals surface area contributed by atoms with E-state index in [0.717, 1.165) is 11.3 Å². The highest BCUT2D eigenvalue weighted by atomic mass is 35.5. The molecule has 21 heavy (non-hydrogen) atoms. The van der Waals surface area contributed by atoms with Crippen molar-refractivity contribution in [2.45, 2.75) is 29.2 Å². The van der Waals surface area contributed by atoms with Gasteiger partial charge >= 0.3 is 0 Å². The molecular weight excluding hydrogens is 302 g/mol. The molecule has 0 aliphatic carbocycles. The smallest absolute Gasteiger partial charge is 0.129 e. The van der Waals surface area contributed by atoms with Crippen LogP contribution in [0.25, 0.3) is 0 Å². The van der Waals surface area contributed by atoms with Gasteiger partial charge in [0.25, 0.3) is 0 Å². The molecule has 0 fully saturated rings. The third-order valence-electron chi connectivity index (χ3n) is 3.45. The molecule has 1 atom stereocenters. The third kappa shape index (κ3) is 4.95. The number of hydrogen-bond acceptors (Lipinski definition) is 3. The van der Waals surface area contributed by atoms with Crippen molar-refractivity contribution in [3.8, 4) is 5.75 Å². The fourth-order valence-corrected chi connectivity index (χ4v) is 2.92. The Morgan fingerprint density at radius 1 is 1.00 bits per heavy atom. The molecule has 0 aliphatic rings. The number of rotatable bonds is 5. The largest absolute Gasteiger partial charge is 1.00 e. The Hall–Kier alpha value is -1.16. The molecule has 1 N–H and O–H groups in total. The Bertz CT molecular complexity index is 574. The lowest BCUT2D eigenvalue weighted by atomic mass is 10.1. The van der Waals surface area contributed by atoms with Gasteiger partial charge in [0.2, 0.25) is 0 Å². The van der Waals surface area contributed by atoms with Gasteiger partial charge in [-0.1, -0.05) is 42.1 Å². The Balaban J connectivity index is 0.00000220. The molecule has 0 saturated heterocycles. The van der Waals surface area contributed by atoms with Crippen LogP contribution in [0.4, 0.5) is 0 Å². The fraction of sp³-hybridized carbons (Fsp3) is 0.294. The van der Waals surface area contributed by atoms with Crippen LogP contribution in [0.5, 0.6) is 5.75 Å². The maximum Gasteiger partial charge on any atom is 0.129 e. The van der Waals surface area contributed by atoms with Crippen LogP contribution >= 0.6 is 11.8 Å². The van der Waals surface area contributed by atoms with E-state index in [2.05, 4.69) is 44.1 Å². The lowest BCUT2D eigenvalue weighted by Gasteiger charge is -2.21. The van der Waals surface area contributed by atoms with E-state index in [1.807, 2.05) is 24.3 Å². The Labute approximate surface area is 137 Å². The molecule has 2 aromatic carbocycles. The van der Waals surface area contributed by atoms with Crippen LogP contribution in [0.1, 0.15) is 12.5 Å². The SMILES string of the molecule is CC(Cc1ccccc1Sc1ccccc1O)N(C)C.[Cl-]. The van der Waals surface area contributed by atoms with E-state index in [9.17, 15) is 5.11 Å². The average molecular weight is 323 g/mol. The molecule has 4 heteroatoms. The molecule has 0 amide bonds. The zero-order valence-corrected chi connectivity index (χ0v) is 14.2. The number of benzene rings is 2. The van der Waals surface area contributed by atoms with Gasteiger partial charge in [0.05, 0.1) is 4.90 Å². The van der Waals surface area contributed by atoms with Crippen molar-refractivity contribution in [1.82, 2.24) is 4.90 Å². The van der Waals surface area contributed by atoms with E-state index in [0.29, 0.717) is 11.8 Å². The van der Waals surface area contributed by atoms with Crippen molar-refractivity contribution in [2.75, 3.05) is 14.1 Å². The number of hydrogen-bond donors (Lipinski definition) is 1. The predicted octanol–water partition coefficient (Wildman–Crippen LogP) is 1.04. The fourth-order valence-electron chi connectivity index (χ4n) is 1.93. The van der Waals surface area contributed by atoms with Crippen LogP contribution in [-0.2, 0) is 6.42 Å². The number of nitrogens with zero attached hydrogens (tertiary/aromatic N) is 1. The van der Waals surface area contributed by atoms with Gasteiger partial charge in [0.15, 0.2) is 0 Å². The normalized spacial score (nSPS) is 12.0. The van der Waals surface area contributed by atoms with Crippen molar-refractivity contribution in [3.63, 3.8) is 0 Å². The molecular formula is C17H21ClNOS-. The van der Waals surface area contributed by atoms with E-state index >= 15 is 0 Å². The Kier molecular flexibility index (Phi) is 7.09. The molecule has 2 aromatic rings. The van der Waals surface area contributed by atoms with E-state index in [1.54, 1.807) is 17.8 Å². The van der Waals surface area contributed by atoms with Crippen molar-refractivity contribution in [2.24, 2.45) is 0 Å². The highest BCUT2D eigenvalue weighted by Gasteiger charge is 2.11. The zero-order chi connectivity index (χ0) is 14.5. The number of halogens is 1. The maximum atomic E-state index is 9.90. The van der Waals surface area contributed by atoms with Gasteiger partial charge in [-0.15, -0.1) is 0 Å². The summed E-state index contributed by atoms with van der Waals surface area (Å²) in [7, 11) is 4.20. The van der Waals surface area contributed by atoms with E-state index in [4.69, 9.17) is 0 Å². The average Bonchev–Trinajstić information content (AvgIpc) is 2.43. The van der Waals surface area contributed by atoms with E-state index in [-0.39, 0.29) is 12.4 Å². The van der Waals surface area contributed by atoms with E-state index in [1.165, 1.54) is 10.5 Å². The zero-order valence-electron chi connectivity index (χ0n) is 12.6. The minimum Gasteiger partial charge on any atom is -1.00 e. The number of phenolic OH excluding ortho intramolecular Hbond substituents is 1. The lowest BCUT2D eigenvalue weighted by molar-refractivity contribution is -0.00000530. The number of para-hydroxylation sites is 1. The van der Waals surface area contributed by atoms with Crippen LogP contribution < -0.4 is 12.4 Å². The van der Waals surface area contributed by atoms with Crippen LogP contribution in [0, 0.1) is 0 Å². The van der Waals surface area contributed by atoms with Crippen molar-refractivity contribution in [1.29, 1.82) is 0 Å². The Morgan fingerprint density at radius 2 is 1.57 bits per heavy atom. The number of likely N-dealkylation sites (N-methyl/N-ethyl adjacent to an activating group) is 1. The molecule has 2 rings (SSSR count). The summed E-state index contributed by atoms with van der Waals surface area (Å²) in [5, 5.41) is 9.90. The summed E-state index contributed by atoms with van der Waals surface area (Å²) in [6.45, 7) is 2.22. The van der Waals surface area contributed by atoms with Gasteiger partial charge in [-0.25, -0.2) is 0 Å². The van der Waals surface area contributed by atoms with Gasteiger partial charge < -0.3 is 22.4 Å². The standard InChI is InChI=1S/C17H21NOS.ClH/c1-13(18(2)3)12-14-8-4-6-10-16(14)20-17-11-7-5-9-15(17)19;/h4-11,13,19H,12H2,1-3H3;1H/p-1. The molecule has 0 spiro atoms. The summed E-state index contributed by atoms with van der Waals surface area (Å²) in [6, 6.07) is 16.4. The van der Waals surface area contributed by atoms with Crippen molar-refractivity contribution < 1.29 is 17.5 Å². The second-order valence-corrected chi connectivity index (χ2v) is 6.28. The second-order valence-electron chi connectivity index (χ2n) is 5.19. The molecule has 0 saturated carbocycles. The Morgan fingerprint density at radius 3 is 2.19 bits per heavy atom. The van der Waals surface area contributed by atoms with Gasteiger partial charge in [-0.2, -0.15) is 0 Å². The van der Waals surface area contributed by atoms with Crippen LogP contribution in [0.15, 0.2) is 58.3 Å². The lowest BCUT2D eigenvalue weighted by Crippen LogP contribution is -3.00. The molecule has 114 valence electrons. The summed E-state index contributed by atoms with van der Waals surface area (Å²) in [6.07, 6.45) is 1.00. The first-order valence-electron chi connectivity index (χ1n) is 6.78. The summed E-state index contributed by atoms with van der Waals surface area (Å²) >= 11 is 1.63. The molecule has 1 unspecified atom stereocenters.